The van der Waals surface area contributed by atoms with Gasteiger partial charge in [-0.15, -0.1) is 0 Å². The molecule has 1 fully saturated rings. The summed E-state index contributed by atoms with van der Waals surface area (Å²) in [4.78, 5) is 0. The molecule has 1 aliphatic carbocycles. The number of anilines is 1. The topological polar surface area (TPSA) is 26.0 Å². The second-order valence-corrected chi connectivity index (χ2v) is 6.34. The normalized spacial score (nSPS) is 24.8. The van der Waals surface area contributed by atoms with Gasteiger partial charge < -0.3 is 5.73 Å². The lowest BCUT2D eigenvalue weighted by Crippen LogP contribution is -2.15. The highest BCUT2D eigenvalue weighted by molar-refractivity contribution is 7.99. The largest absolute Gasteiger partial charge is 0.398 e. The highest BCUT2D eigenvalue weighted by Gasteiger charge is 2.19. The third kappa shape index (κ3) is 3.63. The highest BCUT2D eigenvalue weighted by atomic mass is 32.2. The zero-order chi connectivity index (χ0) is 12.3. The predicted octanol–water partition coefficient (Wildman–Crippen LogP) is 4.22. The molecule has 0 bridgehead atoms. The first kappa shape index (κ1) is 12.7. The zero-order valence-corrected chi connectivity index (χ0v) is 11.1. The maximum atomic E-state index is 12.9. The van der Waals surface area contributed by atoms with Gasteiger partial charge in [0.05, 0.1) is 0 Å². The molecule has 2 N–H and O–H groups in total. The predicted molar refractivity (Wildman–Crippen MR) is 73.5 cm³/mol. The summed E-state index contributed by atoms with van der Waals surface area (Å²) in [5, 5.41) is 0.753. The van der Waals surface area contributed by atoms with E-state index >= 15 is 0 Å². The number of hydrogen-bond donors (Lipinski definition) is 1. The van der Waals surface area contributed by atoms with Crippen molar-refractivity contribution in [2.24, 2.45) is 5.92 Å². The standard InChI is InChI=1S/C14H20FNS/c1-10-3-2-4-13(7-10)17-9-11-5-6-12(15)8-14(11)16/h5-6,8,10,13H,2-4,7,9,16H2,1H3. The van der Waals surface area contributed by atoms with Gasteiger partial charge in [-0.3, -0.25) is 0 Å². The van der Waals surface area contributed by atoms with Crippen molar-refractivity contribution in [2.75, 3.05) is 5.73 Å². The molecule has 0 aliphatic heterocycles. The van der Waals surface area contributed by atoms with Gasteiger partial charge in [-0.25, -0.2) is 4.39 Å². The molecule has 1 aromatic rings. The van der Waals surface area contributed by atoms with Crippen molar-refractivity contribution in [3.63, 3.8) is 0 Å². The van der Waals surface area contributed by atoms with E-state index < -0.39 is 0 Å². The number of nitrogen functional groups attached to an aromatic ring is 1. The van der Waals surface area contributed by atoms with Crippen molar-refractivity contribution in [3.8, 4) is 0 Å². The van der Waals surface area contributed by atoms with Crippen molar-refractivity contribution in [3.05, 3.63) is 29.6 Å². The van der Waals surface area contributed by atoms with Crippen LogP contribution in [0.2, 0.25) is 0 Å². The van der Waals surface area contributed by atoms with Crippen molar-refractivity contribution >= 4 is 17.4 Å². The Hall–Kier alpha value is -0.700. The molecule has 2 unspecified atom stereocenters. The first-order valence-electron chi connectivity index (χ1n) is 6.30. The van der Waals surface area contributed by atoms with Gasteiger partial charge in [0.1, 0.15) is 5.82 Å². The van der Waals surface area contributed by atoms with Crippen LogP contribution < -0.4 is 5.73 Å². The Morgan fingerprint density at radius 1 is 1.41 bits per heavy atom. The quantitative estimate of drug-likeness (QED) is 0.816. The first-order valence-corrected chi connectivity index (χ1v) is 7.35. The molecular weight excluding hydrogens is 233 g/mol. The van der Waals surface area contributed by atoms with Crippen LogP contribution in [0, 0.1) is 11.7 Å². The van der Waals surface area contributed by atoms with E-state index in [0.29, 0.717) is 5.69 Å². The van der Waals surface area contributed by atoms with Gasteiger partial charge in [-0.2, -0.15) is 11.8 Å². The van der Waals surface area contributed by atoms with Crippen LogP contribution in [0.3, 0.4) is 0 Å². The number of nitrogens with two attached hydrogens (primary N) is 1. The summed E-state index contributed by atoms with van der Waals surface area (Å²) < 4.78 is 12.9. The van der Waals surface area contributed by atoms with E-state index in [2.05, 4.69) is 6.92 Å². The minimum atomic E-state index is -0.248. The highest BCUT2D eigenvalue weighted by Crippen LogP contribution is 2.34. The summed E-state index contributed by atoms with van der Waals surface area (Å²) in [7, 11) is 0. The van der Waals surface area contributed by atoms with E-state index in [0.717, 1.165) is 22.5 Å². The molecule has 0 heterocycles. The van der Waals surface area contributed by atoms with Crippen LogP contribution in [0.5, 0.6) is 0 Å². The average Bonchev–Trinajstić information content (AvgIpc) is 2.28. The van der Waals surface area contributed by atoms with Crippen LogP contribution in [0.1, 0.15) is 38.2 Å². The number of hydrogen-bond acceptors (Lipinski definition) is 2. The lowest BCUT2D eigenvalue weighted by molar-refractivity contribution is 0.394. The molecule has 0 saturated heterocycles. The van der Waals surface area contributed by atoms with Gasteiger partial charge in [0.25, 0.3) is 0 Å². The summed E-state index contributed by atoms with van der Waals surface area (Å²) in [6.45, 7) is 2.33. The van der Waals surface area contributed by atoms with Crippen LogP contribution in [-0.4, -0.2) is 5.25 Å². The van der Waals surface area contributed by atoms with Crippen LogP contribution in [0.4, 0.5) is 10.1 Å². The summed E-state index contributed by atoms with van der Waals surface area (Å²) in [5.74, 6) is 1.51. The van der Waals surface area contributed by atoms with Crippen LogP contribution in [0.15, 0.2) is 18.2 Å². The molecule has 3 heteroatoms. The lowest BCUT2D eigenvalue weighted by Gasteiger charge is -2.26. The molecule has 1 aliphatic rings. The van der Waals surface area contributed by atoms with E-state index in [4.69, 9.17) is 5.73 Å². The average molecular weight is 253 g/mol. The molecular formula is C14H20FNS. The van der Waals surface area contributed by atoms with Crippen LogP contribution >= 0.6 is 11.8 Å². The minimum Gasteiger partial charge on any atom is -0.398 e. The maximum Gasteiger partial charge on any atom is 0.125 e. The van der Waals surface area contributed by atoms with Gasteiger partial charge >= 0.3 is 0 Å². The number of benzene rings is 1. The van der Waals surface area contributed by atoms with E-state index in [1.165, 1.54) is 37.8 Å². The summed E-state index contributed by atoms with van der Waals surface area (Å²) in [6, 6.07) is 4.72. The molecule has 0 aromatic heterocycles. The monoisotopic (exact) mass is 253 g/mol. The van der Waals surface area contributed by atoms with Gasteiger partial charge in [-0.1, -0.05) is 25.8 Å². The summed E-state index contributed by atoms with van der Waals surface area (Å²) in [6.07, 6.45) is 5.34. The Bertz CT molecular complexity index is 380. The van der Waals surface area contributed by atoms with Crippen molar-refractivity contribution in [1.82, 2.24) is 0 Å². The van der Waals surface area contributed by atoms with Gasteiger partial charge in [0, 0.05) is 16.7 Å². The molecule has 1 aromatic carbocycles. The molecule has 94 valence electrons. The molecule has 2 atom stereocenters. The second-order valence-electron chi connectivity index (χ2n) is 5.05. The molecule has 17 heavy (non-hydrogen) atoms. The third-order valence-electron chi connectivity index (χ3n) is 3.47. The summed E-state index contributed by atoms with van der Waals surface area (Å²) in [5.41, 5.74) is 7.46. The molecule has 0 spiro atoms. The fourth-order valence-electron chi connectivity index (χ4n) is 2.43. The molecule has 2 rings (SSSR count). The lowest BCUT2D eigenvalue weighted by atomic mass is 9.91. The van der Waals surface area contributed by atoms with E-state index in [1.807, 2.05) is 17.8 Å². The molecule has 1 nitrogen and oxygen atoms in total. The van der Waals surface area contributed by atoms with E-state index in [-0.39, 0.29) is 5.82 Å². The number of halogens is 1. The SMILES string of the molecule is CC1CCCC(SCc2ccc(F)cc2N)C1. The summed E-state index contributed by atoms with van der Waals surface area (Å²) >= 11 is 1.97. The molecule has 1 saturated carbocycles. The van der Waals surface area contributed by atoms with Gasteiger partial charge in [0.2, 0.25) is 0 Å². The molecule has 0 radical (unpaired) electrons. The van der Waals surface area contributed by atoms with Crippen LogP contribution in [-0.2, 0) is 5.75 Å². The fourth-order valence-corrected chi connectivity index (χ4v) is 3.91. The Kier molecular flexibility index (Phi) is 4.32. The van der Waals surface area contributed by atoms with E-state index in [9.17, 15) is 4.39 Å². The van der Waals surface area contributed by atoms with Crippen molar-refractivity contribution < 1.29 is 4.39 Å². The first-order chi connectivity index (χ1) is 8.15. The van der Waals surface area contributed by atoms with Crippen LogP contribution in [0.25, 0.3) is 0 Å². The van der Waals surface area contributed by atoms with Gasteiger partial charge in [-0.05, 0) is 36.5 Å². The second kappa shape index (κ2) is 5.76. The zero-order valence-electron chi connectivity index (χ0n) is 10.3. The maximum absolute atomic E-state index is 12.9. The van der Waals surface area contributed by atoms with Crippen molar-refractivity contribution in [1.29, 1.82) is 0 Å². The van der Waals surface area contributed by atoms with E-state index in [1.54, 1.807) is 0 Å². The minimum absolute atomic E-state index is 0.248. The van der Waals surface area contributed by atoms with Gasteiger partial charge in [0.15, 0.2) is 0 Å². The molecule has 0 amide bonds. The number of rotatable bonds is 3. The Morgan fingerprint density at radius 2 is 2.24 bits per heavy atom. The fraction of sp³-hybridized carbons (Fsp3) is 0.571. The Balaban J connectivity index is 1.88. The Labute approximate surface area is 107 Å². The Morgan fingerprint density at radius 3 is 2.94 bits per heavy atom. The van der Waals surface area contributed by atoms with Crippen molar-refractivity contribution in [2.45, 2.75) is 43.6 Å². The number of thioether (sulfide) groups is 1. The third-order valence-corrected chi connectivity index (χ3v) is 4.85. The smallest absolute Gasteiger partial charge is 0.125 e.